The van der Waals surface area contributed by atoms with Crippen LogP contribution in [-0.4, -0.2) is 4.57 Å². The SMILES string of the molecule is C=C/C(=C\C=C/C)C1=Cc2c(n(-c3ccccc3)c3ccc(C)cc23)CC1.CC. The fourth-order valence-corrected chi connectivity index (χ4v) is 3.99. The molecule has 0 spiro atoms. The van der Waals surface area contributed by atoms with Crippen LogP contribution < -0.4 is 0 Å². The molecule has 2 aromatic carbocycles. The minimum Gasteiger partial charge on any atom is -0.313 e. The molecule has 0 saturated carbocycles. The van der Waals surface area contributed by atoms with Crippen molar-refractivity contribution in [3.8, 4) is 5.69 Å². The van der Waals surface area contributed by atoms with Gasteiger partial charge in [-0.15, -0.1) is 0 Å². The number of hydrogen-bond donors (Lipinski definition) is 0. The van der Waals surface area contributed by atoms with E-state index < -0.39 is 0 Å². The third-order valence-electron chi connectivity index (χ3n) is 5.29. The maximum Gasteiger partial charge on any atom is 0.0537 e. The summed E-state index contributed by atoms with van der Waals surface area (Å²) in [6.45, 7) is 12.2. The molecule has 4 rings (SSSR count). The average molecular weight is 382 g/mol. The smallest absolute Gasteiger partial charge is 0.0537 e. The summed E-state index contributed by atoms with van der Waals surface area (Å²) < 4.78 is 2.43. The molecular formula is C28H31N. The molecule has 1 heteroatoms. The van der Waals surface area contributed by atoms with Gasteiger partial charge in [-0.25, -0.2) is 0 Å². The summed E-state index contributed by atoms with van der Waals surface area (Å²) in [7, 11) is 0. The number of fused-ring (bicyclic) bond motifs is 3. The van der Waals surface area contributed by atoms with Crippen molar-refractivity contribution >= 4 is 17.0 Å². The van der Waals surface area contributed by atoms with Gasteiger partial charge < -0.3 is 4.57 Å². The highest BCUT2D eigenvalue weighted by atomic mass is 15.0. The van der Waals surface area contributed by atoms with E-state index in [1.54, 1.807) is 0 Å². The predicted octanol–water partition coefficient (Wildman–Crippen LogP) is 7.98. The minimum atomic E-state index is 1.03. The Balaban J connectivity index is 0.00000117. The van der Waals surface area contributed by atoms with Gasteiger partial charge in [-0.05, 0) is 68.2 Å². The zero-order valence-corrected chi connectivity index (χ0v) is 18.1. The molecule has 1 aliphatic rings. The molecule has 0 N–H and O–H groups in total. The first-order chi connectivity index (χ1) is 14.2. The van der Waals surface area contributed by atoms with Gasteiger partial charge in [0, 0.05) is 22.3 Å². The molecule has 1 nitrogen and oxygen atoms in total. The number of nitrogens with zero attached hydrogens (tertiary/aromatic N) is 1. The maximum atomic E-state index is 4.03. The molecule has 0 radical (unpaired) electrons. The molecule has 0 bridgehead atoms. The van der Waals surface area contributed by atoms with Crippen LogP contribution in [-0.2, 0) is 6.42 Å². The third-order valence-corrected chi connectivity index (χ3v) is 5.29. The second-order valence-electron chi connectivity index (χ2n) is 7.07. The second-order valence-corrected chi connectivity index (χ2v) is 7.07. The van der Waals surface area contributed by atoms with Crippen LogP contribution in [0.5, 0.6) is 0 Å². The Kier molecular flexibility index (Phi) is 6.72. The van der Waals surface area contributed by atoms with Crippen molar-refractivity contribution in [1.82, 2.24) is 4.57 Å². The third kappa shape index (κ3) is 4.05. The van der Waals surface area contributed by atoms with E-state index in [1.165, 1.54) is 44.6 Å². The summed E-state index contributed by atoms with van der Waals surface area (Å²) in [4.78, 5) is 0. The van der Waals surface area contributed by atoms with Crippen molar-refractivity contribution in [2.24, 2.45) is 0 Å². The molecular weight excluding hydrogens is 350 g/mol. The van der Waals surface area contributed by atoms with E-state index in [0.717, 1.165) is 12.8 Å². The topological polar surface area (TPSA) is 4.93 Å². The normalized spacial score (nSPS) is 13.7. The second kappa shape index (κ2) is 9.43. The fraction of sp³-hybridized carbons (Fsp3) is 0.214. The Morgan fingerprint density at radius 3 is 2.48 bits per heavy atom. The number of rotatable bonds is 4. The Bertz CT molecular complexity index is 1090. The summed E-state index contributed by atoms with van der Waals surface area (Å²) in [6.07, 6.45) is 12.7. The van der Waals surface area contributed by atoms with E-state index in [4.69, 9.17) is 0 Å². The largest absolute Gasteiger partial charge is 0.313 e. The number of para-hydroxylation sites is 1. The lowest BCUT2D eigenvalue weighted by atomic mass is 9.90. The van der Waals surface area contributed by atoms with Crippen LogP contribution in [0.1, 0.15) is 44.0 Å². The van der Waals surface area contributed by atoms with Gasteiger partial charge in [0.25, 0.3) is 0 Å². The van der Waals surface area contributed by atoms with Crippen LogP contribution in [0.3, 0.4) is 0 Å². The van der Waals surface area contributed by atoms with Gasteiger partial charge in [0.2, 0.25) is 0 Å². The highest BCUT2D eigenvalue weighted by Crippen LogP contribution is 2.38. The highest BCUT2D eigenvalue weighted by Gasteiger charge is 2.21. The molecule has 1 heterocycles. The highest BCUT2D eigenvalue weighted by molar-refractivity contribution is 5.94. The molecule has 0 unspecified atom stereocenters. The Hall–Kier alpha value is -3.06. The first-order valence-electron chi connectivity index (χ1n) is 10.6. The Morgan fingerprint density at radius 1 is 1.03 bits per heavy atom. The molecule has 29 heavy (non-hydrogen) atoms. The van der Waals surface area contributed by atoms with Gasteiger partial charge in [-0.3, -0.25) is 0 Å². The van der Waals surface area contributed by atoms with E-state index in [0.29, 0.717) is 0 Å². The number of benzene rings is 2. The molecule has 0 atom stereocenters. The first-order valence-corrected chi connectivity index (χ1v) is 10.6. The fourth-order valence-electron chi connectivity index (χ4n) is 3.99. The van der Waals surface area contributed by atoms with Crippen molar-refractivity contribution in [2.45, 2.75) is 40.5 Å². The van der Waals surface area contributed by atoms with Crippen molar-refractivity contribution in [3.05, 3.63) is 107 Å². The van der Waals surface area contributed by atoms with Gasteiger partial charge in [-0.2, -0.15) is 0 Å². The summed E-state index contributed by atoms with van der Waals surface area (Å²) in [5.41, 5.74) is 9.15. The zero-order chi connectivity index (χ0) is 20.8. The molecule has 3 aromatic rings. The van der Waals surface area contributed by atoms with Crippen LogP contribution in [0, 0.1) is 6.92 Å². The minimum absolute atomic E-state index is 1.03. The number of aryl methyl sites for hydroxylation is 1. The predicted molar refractivity (Wildman–Crippen MR) is 129 cm³/mol. The summed E-state index contributed by atoms with van der Waals surface area (Å²) >= 11 is 0. The molecule has 1 aromatic heterocycles. The van der Waals surface area contributed by atoms with Gasteiger partial charge in [0.15, 0.2) is 0 Å². The van der Waals surface area contributed by atoms with Gasteiger partial charge in [-0.1, -0.05) is 74.6 Å². The van der Waals surface area contributed by atoms with Crippen LogP contribution in [0.15, 0.2) is 90.6 Å². The first kappa shape index (κ1) is 20.7. The van der Waals surface area contributed by atoms with Crippen LogP contribution >= 0.6 is 0 Å². The van der Waals surface area contributed by atoms with Crippen LogP contribution in [0.4, 0.5) is 0 Å². The van der Waals surface area contributed by atoms with Crippen molar-refractivity contribution in [2.75, 3.05) is 0 Å². The number of hydrogen-bond acceptors (Lipinski definition) is 0. The molecule has 0 saturated heterocycles. The lowest BCUT2D eigenvalue weighted by Crippen LogP contribution is -2.06. The van der Waals surface area contributed by atoms with Crippen molar-refractivity contribution in [1.29, 1.82) is 0 Å². The standard InChI is InChI=1S/C26H25N.C2H6/c1-4-6-10-20(5-2)21-14-16-26-24(18-21)23-17-19(3)13-15-25(23)27(26)22-11-8-7-9-12-22;1-2/h4-13,15,17-18H,2,14,16H2,1,3H3;1-2H3/b6-4-,20-10+;. The van der Waals surface area contributed by atoms with Gasteiger partial charge in [0.05, 0.1) is 5.52 Å². The Morgan fingerprint density at radius 2 is 1.79 bits per heavy atom. The van der Waals surface area contributed by atoms with E-state index >= 15 is 0 Å². The van der Waals surface area contributed by atoms with Gasteiger partial charge >= 0.3 is 0 Å². The molecule has 0 fully saturated rings. The van der Waals surface area contributed by atoms with Crippen molar-refractivity contribution in [3.63, 3.8) is 0 Å². The lowest BCUT2D eigenvalue weighted by Gasteiger charge is -2.18. The van der Waals surface area contributed by atoms with Crippen molar-refractivity contribution < 1.29 is 0 Å². The van der Waals surface area contributed by atoms with E-state index in [2.05, 4.69) is 90.9 Å². The summed E-state index contributed by atoms with van der Waals surface area (Å²) in [5.74, 6) is 0. The summed E-state index contributed by atoms with van der Waals surface area (Å²) in [6, 6.07) is 17.5. The van der Waals surface area contributed by atoms with Crippen LogP contribution in [0.2, 0.25) is 0 Å². The monoisotopic (exact) mass is 381 g/mol. The zero-order valence-electron chi connectivity index (χ0n) is 18.1. The number of allylic oxidation sites excluding steroid dienone is 6. The van der Waals surface area contributed by atoms with Gasteiger partial charge in [0.1, 0.15) is 0 Å². The maximum absolute atomic E-state index is 4.03. The molecule has 0 aliphatic heterocycles. The Labute approximate surface area is 175 Å². The molecule has 148 valence electrons. The van der Waals surface area contributed by atoms with Crippen LogP contribution in [0.25, 0.3) is 22.7 Å². The average Bonchev–Trinajstić information content (AvgIpc) is 3.09. The van der Waals surface area contributed by atoms with E-state index in [-0.39, 0.29) is 0 Å². The molecule has 0 amide bonds. The van der Waals surface area contributed by atoms with E-state index in [1.807, 2.05) is 26.8 Å². The lowest BCUT2D eigenvalue weighted by molar-refractivity contribution is 0.864. The van der Waals surface area contributed by atoms with E-state index in [9.17, 15) is 0 Å². The quantitative estimate of drug-likeness (QED) is 0.404. The summed E-state index contributed by atoms with van der Waals surface area (Å²) in [5, 5.41) is 1.33. The number of aromatic nitrogens is 1. The molecule has 1 aliphatic carbocycles.